The fourth-order valence-electron chi connectivity index (χ4n) is 2.73. The summed E-state index contributed by atoms with van der Waals surface area (Å²) in [6, 6.07) is 0.0413. The SMILES string of the molecule is CN=C(NCc1nc(C)c(C)s1)NC1CCC(C(F)(F)F)CC1. The van der Waals surface area contributed by atoms with E-state index in [1.807, 2.05) is 13.8 Å². The van der Waals surface area contributed by atoms with E-state index in [4.69, 9.17) is 0 Å². The van der Waals surface area contributed by atoms with Crippen molar-refractivity contribution in [3.8, 4) is 0 Å². The number of hydrogen-bond donors (Lipinski definition) is 2. The second-order valence-corrected chi connectivity index (χ2v) is 7.20. The number of halogens is 3. The van der Waals surface area contributed by atoms with Crippen LogP contribution < -0.4 is 10.6 Å². The average molecular weight is 348 g/mol. The maximum absolute atomic E-state index is 12.7. The molecule has 1 aromatic rings. The van der Waals surface area contributed by atoms with Gasteiger partial charge in [0.25, 0.3) is 0 Å². The minimum atomic E-state index is -4.06. The molecule has 0 bridgehead atoms. The third-order valence-electron chi connectivity index (χ3n) is 4.23. The van der Waals surface area contributed by atoms with Gasteiger partial charge in [-0.15, -0.1) is 11.3 Å². The summed E-state index contributed by atoms with van der Waals surface area (Å²) >= 11 is 1.63. The van der Waals surface area contributed by atoms with Crippen LogP contribution >= 0.6 is 11.3 Å². The van der Waals surface area contributed by atoms with E-state index in [2.05, 4.69) is 20.6 Å². The number of aryl methyl sites for hydroxylation is 2. The fraction of sp³-hybridized carbons (Fsp3) is 0.733. The first-order valence-corrected chi connectivity index (χ1v) is 8.58. The van der Waals surface area contributed by atoms with Gasteiger partial charge in [0.15, 0.2) is 5.96 Å². The number of nitrogens with one attached hydrogen (secondary N) is 2. The van der Waals surface area contributed by atoms with Gasteiger partial charge in [-0.1, -0.05) is 0 Å². The van der Waals surface area contributed by atoms with E-state index in [-0.39, 0.29) is 18.9 Å². The van der Waals surface area contributed by atoms with Crippen LogP contribution in [0.2, 0.25) is 0 Å². The lowest BCUT2D eigenvalue weighted by molar-refractivity contribution is -0.182. The van der Waals surface area contributed by atoms with E-state index in [0.29, 0.717) is 25.3 Å². The molecule has 0 aromatic carbocycles. The summed E-state index contributed by atoms with van der Waals surface area (Å²) in [7, 11) is 1.66. The van der Waals surface area contributed by atoms with Gasteiger partial charge >= 0.3 is 6.18 Å². The van der Waals surface area contributed by atoms with E-state index in [9.17, 15) is 13.2 Å². The monoisotopic (exact) mass is 348 g/mol. The molecular weight excluding hydrogens is 325 g/mol. The van der Waals surface area contributed by atoms with E-state index in [0.717, 1.165) is 10.7 Å². The van der Waals surface area contributed by atoms with E-state index < -0.39 is 12.1 Å². The van der Waals surface area contributed by atoms with Crippen molar-refractivity contribution in [2.45, 2.75) is 58.3 Å². The van der Waals surface area contributed by atoms with Crippen molar-refractivity contribution in [1.29, 1.82) is 0 Å². The average Bonchev–Trinajstić information content (AvgIpc) is 2.81. The van der Waals surface area contributed by atoms with Crippen LogP contribution in [-0.2, 0) is 6.54 Å². The lowest BCUT2D eigenvalue weighted by atomic mass is 9.85. The summed E-state index contributed by atoms with van der Waals surface area (Å²) in [4.78, 5) is 9.78. The number of alkyl halides is 3. The summed E-state index contributed by atoms with van der Waals surface area (Å²) in [6.45, 7) is 4.57. The minimum Gasteiger partial charge on any atom is -0.354 e. The van der Waals surface area contributed by atoms with Crippen molar-refractivity contribution < 1.29 is 13.2 Å². The Balaban J connectivity index is 1.79. The molecule has 1 heterocycles. The van der Waals surface area contributed by atoms with Crippen molar-refractivity contribution in [3.63, 3.8) is 0 Å². The predicted octanol–water partition coefficient (Wildman–Crippen LogP) is 3.55. The second kappa shape index (κ2) is 7.51. The maximum Gasteiger partial charge on any atom is 0.391 e. The second-order valence-electron chi connectivity index (χ2n) is 5.91. The lowest BCUT2D eigenvalue weighted by Gasteiger charge is -2.31. The van der Waals surface area contributed by atoms with Crippen molar-refractivity contribution in [1.82, 2.24) is 15.6 Å². The van der Waals surface area contributed by atoms with Crippen molar-refractivity contribution in [2.24, 2.45) is 10.9 Å². The first kappa shape index (κ1) is 18.0. The zero-order valence-electron chi connectivity index (χ0n) is 13.6. The molecule has 0 unspecified atom stereocenters. The number of aliphatic imine (C=N–C) groups is 1. The van der Waals surface area contributed by atoms with Gasteiger partial charge in [0.2, 0.25) is 0 Å². The topological polar surface area (TPSA) is 49.3 Å². The normalized spacial score (nSPS) is 23.0. The summed E-state index contributed by atoms with van der Waals surface area (Å²) in [5, 5.41) is 7.37. The summed E-state index contributed by atoms with van der Waals surface area (Å²) in [6.07, 6.45) is -2.67. The number of thiazole rings is 1. The van der Waals surface area contributed by atoms with Gasteiger partial charge in [-0.2, -0.15) is 13.2 Å². The van der Waals surface area contributed by atoms with E-state index in [1.165, 1.54) is 4.88 Å². The van der Waals surface area contributed by atoms with Gasteiger partial charge in [-0.3, -0.25) is 4.99 Å². The smallest absolute Gasteiger partial charge is 0.354 e. The zero-order chi connectivity index (χ0) is 17.0. The molecule has 0 saturated heterocycles. The quantitative estimate of drug-likeness (QED) is 0.649. The fourth-order valence-corrected chi connectivity index (χ4v) is 3.60. The molecule has 23 heavy (non-hydrogen) atoms. The molecule has 1 saturated carbocycles. The largest absolute Gasteiger partial charge is 0.391 e. The van der Waals surface area contributed by atoms with Crippen LogP contribution in [0.15, 0.2) is 4.99 Å². The Labute approximate surface area is 138 Å². The Morgan fingerprint density at radius 3 is 2.39 bits per heavy atom. The molecule has 2 rings (SSSR count). The lowest BCUT2D eigenvalue weighted by Crippen LogP contribution is -2.45. The third-order valence-corrected chi connectivity index (χ3v) is 5.31. The summed E-state index contributed by atoms with van der Waals surface area (Å²) < 4.78 is 38.0. The van der Waals surface area contributed by atoms with Crippen LogP contribution in [0.4, 0.5) is 13.2 Å². The van der Waals surface area contributed by atoms with Crippen LogP contribution in [0.25, 0.3) is 0 Å². The molecule has 4 nitrogen and oxygen atoms in total. The van der Waals surface area contributed by atoms with Crippen molar-refractivity contribution >= 4 is 17.3 Å². The molecule has 130 valence electrons. The van der Waals surface area contributed by atoms with Crippen LogP contribution in [0.3, 0.4) is 0 Å². The third kappa shape index (κ3) is 5.09. The van der Waals surface area contributed by atoms with Crippen LogP contribution in [0, 0.1) is 19.8 Å². The Kier molecular flexibility index (Phi) is 5.89. The Hall–Kier alpha value is -1.31. The van der Waals surface area contributed by atoms with Crippen molar-refractivity contribution in [2.75, 3.05) is 7.05 Å². The summed E-state index contributed by atoms with van der Waals surface area (Å²) in [5.41, 5.74) is 1.03. The van der Waals surface area contributed by atoms with Gasteiger partial charge in [-0.05, 0) is 39.5 Å². The molecule has 1 aliphatic rings. The highest BCUT2D eigenvalue weighted by Crippen LogP contribution is 2.37. The molecule has 2 N–H and O–H groups in total. The highest BCUT2D eigenvalue weighted by molar-refractivity contribution is 7.11. The standard InChI is InChI=1S/C15H23F3N4S/c1-9-10(2)23-13(21-9)8-20-14(19-3)22-12-6-4-11(5-7-12)15(16,17)18/h11-12H,4-8H2,1-3H3,(H2,19,20,22). The molecule has 0 amide bonds. The number of aromatic nitrogens is 1. The number of hydrogen-bond acceptors (Lipinski definition) is 3. The molecule has 0 spiro atoms. The highest BCUT2D eigenvalue weighted by Gasteiger charge is 2.41. The summed E-state index contributed by atoms with van der Waals surface area (Å²) in [5.74, 6) is -0.539. The van der Waals surface area contributed by atoms with Gasteiger partial charge in [0.05, 0.1) is 18.2 Å². The first-order chi connectivity index (χ1) is 10.8. The van der Waals surface area contributed by atoms with Crippen LogP contribution in [-0.4, -0.2) is 30.2 Å². The Bertz CT molecular complexity index is 526. The molecule has 1 aromatic heterocycles. The van der Waals surface area contributed by atoms with Crippen LogP contribution in [0.5, 0.6) is 0 Å². The Morgan fingerprint density at radius 2 is 1.91 bits per heavy atom. The highest BCUT2D eigenvalue weighted by atomic mass is 32.1. The number of rotatable bonds is 3. The predicted molar refractivity (Wildman–Crippen MR) is 86.7 cm³/mol. The van der Waals surface area contributed by atoms with Gasteiger partial charge in [0.1, 0.15) is 5.01 Å². The van der Waals surface area contributed by atoms with Crippen LogP contribution in [0.1, 0.15) is 41.3 Å². The van der Waals surface area contributed by atoms with Gasteiger partial charge in [0, 0.05) is 18.0 Å². The Morgan fingerprint density at radius 1 is 1.26 bits per heavy atom. The first-order valence-electron chi connectivity index (χ1n) is 7.76. The van der Waals surface area contributed by atoms with Gasteiger partial charge < -0.3 is 10.6 Å². The zero-order valence-corrected chi connectivity index (χ0v) is 14.4. The molecule has 0 atom stereocenters. The van der Waals surface area contributed by atoms with Crippen molar-refractivity contribution in [3.05, 3.63) is 15.6 Å². The molecule has 0 radical (unpaired) electrons. The van der Waals surface area contributed by atoms with E-state index >= 15 is 0 Å². The molecule has 8 heteroatoms. The molecular formula is C15H23F3N4S. The number of guanidine groups is 1. The molecule has 0 aliphatic heterocycles. The molecule has 1 fully saturated rings. The minimum absolute atomic E-state index is 0.0413. The number of nitrogens with zero attached hydrogens (tertiary/aromatic N) is 2. The molecule has 1 aliphatic carbocycles. The maximum atomic E-state index is 12.7. The van der Waals surface area contributed by atoms with Gasteiger partial charge in [-0.25, -0.2) is 4.98 Å². The van der Waals surface area contributed by atoms with E-state index in [1.54, 1.807) is 18.4 Å².